The maximum atomic E-state index is 13.1. The molecule has 0 aliphatic heterocycles. The summed E-state index contributed by atoms with van der Waals surface area (Å²) in [6.07, 6.45) is 0. The summed E-state index contributed by atoms with van der Waals surface area (Å²) in [5, 5.41) is 0. The van der Waals surface area contributed by atoms with Gasteiger partial charge in [-0.2, -0.15) is 0 Å². The average Bonchev–Trinajstić information content (AvgIpc) is 2.28. The summed E-state index contributed by atoms with van der Waals surface area (Å²) < 4.78 is 26.2. The first kappa shape index (κ1) is 11.7. The SMILES string of the molecule is CC(N)c1cccc(-c2cc(F)cc(F)c2)c1. The van der Waals surface area contributed by atoms with Crippen LogP contribution in [0, 0.1) is 11.6 Å². The Morgan fingerprint density at radius 1 is 0.941 bits per heavy atom. The molecular formula is C14H13F2N. The van der Waals surface area contributed by atoms with E-state index in [0.717, 1.165) is 17.2 Å². The Morgan fingerprint density at radius 3 is 2.18 bits per heavy atom. The van der Waals surface area contributed by atoms with E-state index in [0.29, 0.717) is 5.56 Å². The second-order valence-corrected chi connectivity index (χ2v) is 4.07. The highest BCUT2D eigenvalue weighted by atomic mass is 19.1. The van der Waals surface area contributed by atoms with E-state index < -0.39 is 11.6 Å². The standard InChI is InChI=1S/C14H13F2N/c1-9(17)10-3-2-4-11(5-10)12-6-13(15)8-14(16)7-12/h2-9H,17H2,1H3. The van der Waals surface area contributed by atoms with Crippen LogP contribution < -0.4 is 5.73 Å². The quantitative estimate of drug-likeness (QED) is 0.841. The van der Waals surface area contributed by atoms with Gasteiger partial charge in [0.1, 0.15) is 11.6 Å². The van der Waals surface area contributed by atoms with E-state index in [-0.39, 0.29) is 6.04 Å². The number of halogens is 2. The van der Waals surface area contributed by atoms with Crippen LogP contribution in [-0.2, 0) is 0 Å². The molecule has 0 spiro atoms. The Hall–Kier alpha value is -1.74. The van der Waals surface area contributed by atoms with Gasteiger partial charge in [0, 0.05) is 12.1 Å². The van der Waals surface area contributed by atoms with Gasteiger partial charge in [-0.3, -0.25) is 0 Å². The first-order valence-electron chi connectivity index (χ1n) is 5.38. The third-order valence-electron chi connectivity index (χ3n) is 2.61. The molecule has 2 rings (SSSR count). The van der Waals surface area contributed by atoms with Crippen molar-refractivity contribution in [1.82, 2.24) is 0 Å². The zero-order chi connectivity index (χ0) is 12.4. The minimum atomic E-state index is -0.578. The lowest BCUT2D eigenvalue weighted by molar-refractivity contribution is 0.584. The minimum absolute atomic E-state index is 0.103. The summed E-state index contributed by atoms with van der Waals surface area (Å²) in [5.74, 6) is -1.16. The number of rotatable bonds is 2. The molecular weight excluding hydrogens is 220 g/mol. The van der Waals surface area contributed by atoms with Gasteiger partial charge in [-0.25, -0.2) is 8.78 Å². The molecule has 0 saturated heterocycles. The highest BCUT2D eigenvalue weighted by Crippen LogP contribution is 2.24. The molecule has 1 unspecified atom stereocenters. The summed E-state index contributed by atoms with van der Waals surface area (Å²) in [7, 11) is 0. The minimum Gasteiger partial charge on any atom is -0.324 e. The maximum Gasteiger partial charge on any atom is 0.126 e. The topological polar surface area (TPSA) is 26.0 Å². The highest BCUT2D eigenvalue weighted by Gasteiger charge is 2.05. The number of hydrogen-bond acceptors (Lipinski definition) is 1. The molecule has 2 aromatic rings. The first-order valence-corrected chi connectivity index (χ1v) is 5.38. The van der Waals surface area contributed by atoms with Gasteiger partial charge in [-0.15, -0.1) is 0 Å². The van der Waals surface area contributed by atoms with Crippen LogP contribution in [0.5, 0.6) is 0 Å². The molecule has 0 aliphatic rings. The zero-order valence-electron chi connectivity index (χ0n) is 9.45. The summed E-state index contributed by atoms with van der Waals surface area (Å²) in [6.45, 7) is 1.87. The highest BCUT2D eigenvalue weighted by molar-refractivity contribution is 5.64. The molecule has 0 fully saturated rings. The number of nitrogens with two attached hydrogens (primary N) is 1. The molecule has 0 aliphatic carbocycles. The normalized spacial score (nSPS) is 12.5. The molecule has 0 bridgehead atoms. The van der Waals surface area contributed by atoms with Crippen molar-refractivity contribution in [3.8, 4) is 11.1 Å². The van der Waals surface area contributed by atoms with Crippen LogP contribution in [0.25, 0.3) is 11.1 Å². The van der Waals surface area contributed by atoms with Crippen LogP contribution in [0.1, 0.15) is 18.5 Å². The second kappa shape index (κ2) is 4.63. The molecule has 0 radical (unpaired) electrons. The first-order chi connectivity index (χ1) is 8.06. The second-order valence-electron chi connectivity index (χ2n) is 4.07. The van der Waals surface area contributed by atoms with Gasteiger partial charge in [0.25, 0.3) is 0 Å². The van der Waals surface area contributed by atoms with Crippen molar-refractivity contribution in [2.75, 3.05) is 0 Å². The van der Waals surface area contributed by atoms with Gasteiger partial charge >= 0.3 is 0 Å². The molecule has 0 amide bonds. The van der Waals surface area contributed by atoms with Gasteiger partial charge in [-0.05, 0) is 41.8 Å². The number of hydrogen-bond donors (Lipinski definition) is 1. The maximum absolute atomic E-state index is 13.1. The van der Waals surface area contributed by atoms with Crippen LogP contribution >= 0.6 is 0 Å². The van der Waals surface area contributed by atoms with Crippen molar-refractivity contribution in [2.24, 2.45) is 5.73 Å². The van der Waals surface area contributed by atoms with Gasteiger partial charge < -0.3 is 5.73 Å². The van der Waals surface area contributed by atoms with Gasteiger partial charge in [0.15, 0.2) is 0 Å². The Kier molecular flexibility index (Phi) is 3.20. The molecule has 2 aromatic carbocycles. The van der Waals surface area contributed by atoms with Crippen LogP contribution in [0.4, 0.5) is 8.78 Å². The Morgan fingerprint density at radius 2 is 1.59 bits per heavy atom. The van der Waals surface area contributed by atoms with Gasteiger partial charge in [0.2, 0.25) is 0 Å². The Balaban J connectivity index is 2.49. The Labute approximate surface area is 98.9 Å². The van der Waals surface area contributed by atoms with Crippen LogP contribution in [0.3, 0.4) is 0 Å². The molecule has 0 heterocycles. The molecule has 0 aromatic heterocycles. The fraction of sp³-hybridized carbons (Fsp3) is 0.143. The van der Waals surface area contributed by atoms with Crippen molar-refractivity contribution in [2.45, 2.75) is 13.0 Å². The molecule has 0 saturated carbocycles. The molecule has 2 N–H and O–H groups in total. The van der Waals surface area contributed by atoms with Crippen molar-refractivity contribution >= 4 is 0 Å². The van der Waals surface area contributed by atoms with E-state index in [1.807, 2.05) is 25.1 Å². The largest absolute Gasteiger partial charge is 0.324 e. The van der Waals surface area contributed by atoms with Crippen molar-refractivity contribution < 1.29 is 8.78 Å². The summed E-state index contributed by atoms with van der Waals surface area (Å²) >= 11 is 0. The molecule has 1 nitrogen and oxygen atoms in total. The van der Waals surface area contributed by atoms with E-state index in [1.54, 1.807) is 6.07 Å². The summed E-state index contributed by atoms with van der Waals surface area (Å²) in [4.78, 5) is 0. The summed E-state index contributed by atoms with van der Waals surface area (Å²) in [6, 6.07) is 10.7. The fourth-order valence-electron chi connectivity index (χ4n) is 1.72. The smallest absolute Gasteiger partial charge is 0.126 e. The van der Waals surface area contributed by atoms with E-state index in [9.17, 15) is 8.78 Å². The lowest BCUT2D eigenvalue weighted by atomic mass is 10.0. The van der Waals surface area contributed by atoms with E-state index in [1.165, 1.54) is 12.1 Å². The van der Waals surface area contributed by atoms with Gasteiger partial charge in [-0.1, -0.05) is 18.2 Å². The lowest BCUT2D eigenvalue weighted by Gasteiger charge is -2.08. The van der Waals surface area contributed by atoms with E-state index in [4.69, 9.17) is 5.73 Å². The fourth-order valence-corrected chi connectivity index (χ4v) is 1.72. The van der Waals surface area contributed by atoms with E-state index >= 15 is 0 Å². The molecule has 3 heteroatoms. The zero-order valence-corrected chi connectivity index (χ0v) is 9.45. The number of benzene rings is 2. The molecule has 1 atom stereocenters. The summed E-state index contributed by atoms with van der Waals surface area (Å²) in [5.41, 5.74) is 7.99. The predicted octanol–water partition coefficient (Wildman–Crippen LogP) is 3.65. The van der Waals surface area contributed by atoms with Crippen molar-refractivity contribution in [3.63, 3.8) is 0 Å². The predicted molar refractivity (Wildman–Crippen MR) is 64.4 cm³/mol. The van der Waals surface area contributed by atoms with Crippen LogP contribution in [-0.4, -0.2) is 0 Å². The third kappa shape index (κ3) is 2.68. The molecule has 88 valence electrons. The molecule has 17 heavy (non-hydrogen) atoms. The van der Waals surface area contributed by atoms with Crippen LogP contribution in [0.2, 0.25) is 0 Å². The van der Waals surface area contributed by atoms with Gasteiger partial charge in [0.05, 0.1) is 0 Å². The van der Waals surface area contributed by atoms with Crippen molar-refractivity contribution in [3.05, 3.63) is 59.7 Å². The van der Waals surface area contributed by atoms with Crippen molar-refractivity contribution in [1.29, 1.82) is 0 Å². The van der Waals surface area contributed by atoms with Crippen LogP contribution in [0.15, 0.2) is 42.5 Å². The Bertz CT molecular complexity index is 515. The lowest BCUT2D eigenvalue weighted by Crippen LogP contribution is -2.04. The van der Waals surface area contributed by atoms with E-state index in [2.05, 4.69) is 0 Å². The third-order valence-corrected chi connectivity index (χ3v) is 2.61. The monoisotopic (exact) mass is 233 g/mol. The average molecular weight is 233 g/mol.